The highest BCUT2D eigenvalue weighted by molar-refractivity contribution is 5.75. The smallest absolute Gasteiger partial charge is 0.102 e. The van der Waals surface area contributed by atoms with Crippen LogP contribution in [0.2, 0.25) is 0 Å². The van der Waals surface area contributed by atoms with Crippen LogP contribution in [0.15, 0.2) is 11.3 Å². The van der Waals surface area contributed by atoms with Gasteiger partial charge in [0.05, 0.1) is 6.61 Å². The highest BCUT2D eigenvalue weighted by atomic mass is 16.5. The van der Waals surface area contributed by atoms with Gasteiger partial charge in [-0.25, -0.2) is 0 Å². The van der Waals surface area contributed by atoms with Crippen molar-refractivity contribution in [3.8, 4) is 0 Å². The van der Waals surface area contributed by atoms with E-state index in [0.29, 0.717) is 0 Å². The second-order valence-electron chi connectivity index (χ2n) is 5.57. The van der Waals surface area contributed by atoms with Crippen molar-refractivity contribution in [1.29, 1.82) is 5.41 Å². The van der Waals surface area contributed by atoms with Gasteiger partial charge in [0.2, 0.25) is 0 Å². The maximum atomic E-state index is 7.31. The molecule has 0 saturated heterocycles. The zero-order valence-electron chi connectivity index (χ0n) is 11.9. The molecule has 0 spiro atoms. The number of nitrogens with two attached hydrogens (primary N) is 1. The first kappa shape index (κ1) is 15.2. The molecule has 1 saturated carbocycles. The van der Waals surface area contributed by atoms with Crippen molar-refractivity contribution in [1.82, 2.24) is 0 Å². The molecule has 0 bridgehead atoms. The van der Waals surface area contributed by atoms with Crippen LogP contribution in [0.4, 0.5) is 0 Å². The molecule has 1 fully saturated rings. The van der Waals surface area contributed by atoms with E-state index in [1.165, 1.54) is 38.3 Å². The van der Waals surface area contributed by atoms with E-state index in [-0.39, 0.29) is 6.04 Å². The Morgan fingerprint density at radius 2 is 2.06 bits per heavy atom. The van der Waals surface area contributed by atoms with Gasteiger partial charge in [0.25, 0.3) is 0 Å². The summed E-state index contributed by atoms with van der Waals surface area (Å²) in [6.45, 7) is 4.67. The molecule has 18 heavy (non-hydrogen) atoms. The van der Waals surface area contributed by atoms with Crippen LogP contribution in [0, 0.1) is 11.3 Å². The lowest BCUT2D eigenvalue weighted by atomic mass is 9.87. The SMILES string of the molecule is C/C(C=N)=C(/CC(C)N)OCCC1CCCCC1. The molecule has 1 aliphatic carbocycles. The van der Waals surface area contributed by atoms with E-state index in [1.54, 1.807) is 0 Å². The molecule has 1 rings (SSSR count). The van der Waals surface area contributed by atoms with E-state index in [4.69, 9.17) is 15.9 Å². The second-order valence-corrected chi connectivity index (χ2v) is 5.57. The molecule has 1 aliphatic rings. The van der Waals surface area contributed by atoms with Gasteiger partial charge in [-0.05, 0) is 26.2 Å². The molecule has 3 N–H and O–H groups in total. The molecule has 1 atom stereocenters. The minimum absolute atomic E-state index is 0.0876. The maximum absolute atomic E-state index is 7.31. The van der Waals surface area contributed by atoms with Crippen molar-refractivity contribution in [2.24, 2.45) is 11.7 Å². The molecule has 0 aromatic rings. The van der Waals surface area contributed by atoms with Crippen molar-refractivity contribution in [3.63, 3.8) is 0 Å². The van der Waals surface area contributed by atoms with Crippen LogP contribution in [0.3, 0.4) is 0 Å². The number of nitrogens with one attached hydrogen (secondary N) is 1. The third-order valence-electron chi connectivity index (χ3n) is 3.69. The third kappa shape index (κ3) is 5.67. The summed E-state index contributed by atoms with van der Waals surface area (Å²) in [5, 5.41) is 7.31. The summed E-state index contributed by atoms with van der Waals surface area (Å²) in [5.41, 5.74) is 6.71. The van der Waals surface area contributed by atoms with Crippen molar-refractivity contribution >= 4 is 6.21 Å². The molecule has 0 heterocycles. The van der Waals surface area contributed by atoms with Crippen LogP contribution in [-0.4, -0.2) is 18.9 Å². The summed E-state index contributed by atoms with van der Waals surface area (Å²) in [7, 11) is 0. The number of hydrogen-bond donors (Lipinski definition) is 2. The van der Waals surface area contributed by atoms with E-state index >= 15 is 0 Å². The van der Waals surface area contributed by atoms with Crippen LogP contribution in [0.25, 0.3) is 0 Å². The van der Waals surface area contributed by atoms with Gasteiger partial charge in [-0.2, -0.15) is 0 Å². The van der Waals surface area contributed by atoms with E-state index < -0.39 is 0 Å². The summed E-state index contributed by atoms with van der Waals surface area (Å²) in [4.78, 5) is 0. The monoisotopic (exact) mass is 252 g/mol. The summed E-state index contributed by atoms with van der Waals surface area (Å²) in [6, 6.07) is 0.0876. The van der Waals surface area contributed by atoms with E-state index in [2.05, 4.69) is 0 Å². The van der Waals surface area contributed by atoms with Crippen molar-refractivity contribution in [2.45, 2.75) is 64.8 Å². The standard InChI is InChI=1S/C15H28N2O/c1-12(11-16)15(10-13(2)17)18-9-8-14-6-4-3-5-7-14/h11,13-14,16H,3-10,17H2,1-2H3/b15-12+,16-11?. The van der Waals surface area contributed by atoms with Gasteiger partial charge in [-0.15, -0.1) is 0 Å². The lowest BCUT2D eigenvalue weighted by molar-refractivity contribution is 0.166. The second kappa shape index (κ2) is 8.30. The molecule has 3 nitrogen and oxygen atoms in total. The molecule has 0 aromatic carbocycles. The molecule has 3 heteroatoms. The molecule has 1 unspecified atom stereocenters. The number of rotatable bonds is 7. The molecule has 104 valence electrons. The molecule has 0 amide bonds. The quantitative estimate of drug-likeness (QED) is 0.537. The summed E-state index contributed by atoms with van der Waals surface area (Å²) in [6.07, 6.45) is 10.1. The Balaban J connectivity index is 2.35. The van der Waals surface area contributed by atoms with Crippen LogP contribution in [0.5, 0.6) is 0 Å². The average Bonchev–Trinajstić information content (AvgIpc) is 2.37. The van der Waals surface area contributed by atoms with Crippen molar-refractivity contribution in [3.05, 3.63) is 11.3 Å². The predicted molar refractivity (Wildman–Crippen MR) is 76.9 cm³/mol. The van der Waals surface area contributed by atoms with E-state index in [1.807, 2.05) is 13.8 Å². The van der Waals surface area contributed by atoms with Crippen molar-refractivity contribution < 1.29 is 4.74 Å². The zero-order chi connectivity index (χ0) is 13.4. The van der Waals surface area contributed by atoms with Crippen LogP contribution < -0.4 is 5.73 Å². The van der Waals surface area contributed by atoms with Gasteiger partial charge in [0.15, 0.2) is 0 Å². The zero-order valence-corrected chi connectivity index (χ0v) is 11.9. The lowest BCUT2D eigenvalue weighted by Crippen LogP contribution is -2.18. The van der Waals surface area contributed by atoms with Crippen LogP contribution in [-0.2, 0) is 4.74 Å². The Kier molecular flexibility index (Phi) is 7.02. The topological polar surface area (TPSA) is 59.1 Å². The molecular weight excluding hydrogens is 224 g/mol. The minimum Gasteiger partial charge on any atom is -0.498 e. The first-order chi connectivity index (χ1) is 8.63. The number of hydrogen-bond acceptors (Lipinski definition) is 3. The molecule has 0 aromatic heterocycles. The molecule has 0 aliphatic heterocycles. The first-order valence-electron chi connectivity index (χ1n) is 7.22. The Morgan fingerprint density at radius 3 is 2.61 bits per heavy atom. The third-order valence-corrected chi connectivity index (χ3v) is 3.69. The van der Waals surface area contributed by atoms with Gasteiger partial charge in [-0.3, -0.25) is 0 Å². The predicted octanol–water partition coefficient (Wildman–Crippen LogP) is 3.63. The fraction of sp³-hybridized carbons (Fsp3) is 0.800. The lowest BCUT2D eigenvalue weighted by Gasteiger charge is -2.22. The van der Waals surface area contributed by atoms with Gasteiger partial charge in [0.1, 0.15) is 5.76 Å². The fourth-order valence-corrected chi connectivity index (χ4v) is 2.53. The van der Waals surface area contributed by atoms with Gasteiger partial charge in [0, 0.05) is 24.3 Å². The highest BCUT2D eigenvalue weighted by Crippen LogP contribution is 2.26. The van der Waals surface area contributed by atoms with Gasteiger partial charge in [-0.1, -0.05) is 32.1 Å². The van der Waals surface area contributed by atoms with Gasteiger partial charge < -0.3 is 15.9 Å². The van der Waals surface area contributed by atoms with Crippen LogP contribution in [0.1, 0.15) is 58.8 Å². The fourth-order valence-electron chi connectivity index (χ4n) is 2.53. The van der Waals surface area contributed by atoms with Crippen LogP contribution >= 0.6 is 0 Å². The Bertz CT molecular complexity index is 278. The molecular formula is C15H28N2O. The number of ether oxygens (including phenoxy) is 1. The highest BCUT2D eigenvalue weighted by Gasteiger charge is 2.14. The Morgan fingerprint density at radius 1 is 1.39 bits per heavy atom. The molecule has 0 radical (unpaired) electrons. The Labute approximate surface area is 111 Å². The largest absolute Gasteiger partial charge is 0.498 e. The summed E-state index contributed by atoms with van der Waals surface area (Å²) >= 11 is 0. The van der Waals surface area contributed by atoms with Crippen molar-refractivity contribution in [2.75, 3.05) is 6.61 Å². The normalized spacial score (nSPS) is 20.2. The van der Waals surface area contributed by atoms with E-state index in [9.17, 15) is 0 Å². The summed E-state index contributed by atoms with van der Waals surface area (Å²) in [5.74, 6) is 1.74. The number of allylic oxidation sites excluding steroid dienone is 1. The first-order valence-corrected chi connectivity index (χ1v) is 7.22. The van der Waals surface area contributed by atoms with Gasteiger partial charge >= 0.3 is 0 Å². The summed E-state index contributed by atoms with van der Waals surface area (Å²) < 4.78 is 5.86. The van der Waals surface area contributed by atoms with E-state index in [0.717, 1.165) is 36.7 Å². The average molecular weight is 252 g/mol. The Hall–Kier alpha value is -0.830. The minimum atomic E-state index is 0.0876. The maximum Gasteiger partial charge on any atom is 0.102 e.